The van der Waals surface area contributed by atoms with E-state index < -0.39 is 12.1 Å². The van der Waals surface area contributed by atoms with E-state index in [0.717, 1.165) is 57.8 Å². The maximum absolute atomic E-state index is 12.4. The van der Waals surface area contributed by atoms with Crippen LogP contribution in [-0.2, 0) is 14.3 Å². The molecule has 0 aromatic heterocycles. The normalized spacial score (nSPS) is 13.0. The highest BCUT2D eigenvalue weighted by Gasteiger charge is 2.18. The van der Waals surface area contributed by atoms with Gasteiger partial charge in [-0.15, -0.1) is 0 Å². The van der Waals surface area contributed by atoms with Crippen LogP contribution in [0.1, 0.15) is 284 Å². The van der Waals surface area contributed by atoms with Crippen LogP contribution < -0.4 is 5.32 Å². The van der Waals surface area contributed by atoms with Gasteiger partial charge in [-0.1, -0.05) is 236 Å². The van der Waals surface area contributed by atoms with Crippen LogP contribution in [0.15, 0.2) is 48.6 Å². The molecule has 0 rings (SSSR count). The molecule has 3 N–H and O–H groups in total. The third-order valence-corrected chi connectivity index (χ3v) is 12.5. The lowest BCUT2D eigenvalue weighted by Crippen LogP contribution is -2.45. The zero-order valence-corrected chi connectivity index (χ0v) is 42.5. The Morgan fingerprint density at radius 3 is 1.27 bits per heavy atom. The van der Waals surface area contributed by atoms with Crippen LogP contribution in [0.2, 0.25) is 0 Å². The molecule has 0 radical (unpaired) electrons. The number of nitrogens with one attached hydrogen (secondary N) is 1. The van der Waals surface area contributed by atoms with Crippen LogP contribution in [0.3, 0.4) is 0 Å². The van der Waals surface area contributed by atoms with Gasteiger partial charge in [0, 0.05) is 12.8 Å². The summed E-state index contributed by atoms with van der Waals surface area (Å²) in [5.74, 6) is -0.0856. The summed E-state index contributed by atoms with van der Waals surface area (Å²) in [4.78, 5) is 24.4. The van der Waals surface area contributed by atoms with Gasteiger partial charge in [0.25, 0.3) is 0 Å². The Balaban J connectivity index is 3.46. The van der Waals surface area contributed by atoms with Gasteiger partial charge in [0.1, 0.15) is 0 Å². The van der Waals surface area contributed by atoms with Crippen molar-refractivity contribution in [3.63, 3.8) is 0 Å². The summed E-state index contributed by atoms with van der Waals surface area (Å²) in [6, 6.07) is -0.633. The first-order valence-corrected chi connectivity index (χ1v) is 27.9. The summed E-state index contributed by atoms with van der Waals surface area (Å²) in [6.45, 7) is 4.82. The lowest BCUT2D eigenvalue weighted by molar-refractivity contribution is -0.143. The van der Waals surface area contributed by atoms with E-state index in [0.29, 0.717) is 19.4 Å². The summed E-state index contributed by atoms with van der Waals surface area (Å²) in [7, 11) is 0. The number of carbonyl (C=O) groups excluding carboxylic acids is 2. The highest BCUT2D eigenvalue weighted by atomic mass is 16.5. The number of aliphatic hydroxyl groups excluding tert-OH is 2. The maximum atomic E-state index is 12.4. The minimum atomic E-state index is -0.849. The Morgan fingerprint density at radius 1 is 0.438 bits per heavy atom. The highest BCUT2D eigenvalue weighted by Crippen LogP contribution is 2.15. The van der Waals surface area contributed by atoms with Crippen LogP contribution in [0.4, 0.5) is 0 Å². The topological polar surface area (TPSA) is 95.9 Å². The Kier molecular flexibility index (Phi) is 51.6. The number of allylic oxidation sites excluding steroid dienone is 7. The molecule has 6 heteroatoms. The quantitative estimate of drug-likeness (QED) is 0.0321. The third-order valence-electron chi connectivity index (χ3n) is 12.5. The molecule has 0 spiro atoms. The molecule has 2 unspecified atom stereocenters. The summed E-state index contributed by atoms with van der Waals surface area (Å²) < 4.78 is 5.46. The average molecular weight is 898 g/mol. The monoisotopic (exact) mass is 898 g/mol. The fourth-order valence-electron chi connectivity index (χ4n) is 8.25. The van der Waals surface area contributed by atoms with Gasteiger partial charge >= 0.3 is 5.97 Å². The second-order valence-electron chi connectivity index (χ2n) is 18.9. The van der Waals surface area contributed by atoms with Crippen LogP contribution in [0.5, 0.6) is 0 Å². The maximum Gasteiger partial charge on any atom is 0.305 e. The number of aliphatic hydroxyl groups is 2. The van der Waals surface area contributed by atoms with Gasteiger partial charge in [0.05, 0.1) is 25.4 Å². The van der Waals surface area contributed by atoms with E-state index in [4.69, 9.17) is 4.74 Å². The van der Waals surface area contributed by atoms with Crippen LogP contribution in [0.25, 0.3) is 0 Å². The van der Waals surface area contributed by atoms with E-state index in [1.54, 1.807) is 6.08 Å². The molecule has 0 aliphatic rings. The number of unbranched alkanes of at least 4 members (excludes halogenated alkanes) is 34. The van der Waals surface area contributed by atoms with Gasteiger partial charge in [0.2, 0.25) is 5.91 Å². The molecule has 0 aliphatic carbocycles. The fraction of sp³-hybridized carbons (Fsp3) is 0.828. The van der Waals surface area contributed by atoms with E-state index in [2.05, 4.69) is 55.6 Å². The van der Waals surface area contributed by atoms with Crippen molar-refractivity contribution in [1.29, 1.82) is 0 Å². The first kappa shape index (κ1) is 61.8. The molecule has 0 fully saturated rings. The molecular weight excluding hydrogens is 791 g/mol. The third kappa shape index (κ3) is 49.3. The smallest absolute Gasteiger partial charge is 0.305 e. The van der Waals surface area contributed by atoms with E-state index in [1.165, 1.54) is 199 Å². The second kappa shape index (κ2) is 53.4. The van der Waals surface area contributed by atoms with Gasteiger partial charge in [-0.2, -0.15) is 0 Å². The van der Waals surface area contributed by atoms with Crippen molar-refractivity contribution in [2.75, 3.05) is 13.2 Å². The lowest BCUT2D eigenvalue weighted by Gasteiger charge is -2.20. The predicted octanol–water partition coefficient (Wildman–Crippen LogP) is 17.0. The predicted molar refractivity (Wildman–Crippen MR) is 278 cm³/mol. The molecule has 0 saturated carbocycles. The number of carbonyl (C=O) groups is 2. The minimum Gasteiger partial charge on any atom is -0.466 e. The summed E-state index contributed by atoms with van der Waals surface area (Å²) in [5, 5.41) is 23.0. The average Bonchev–Trinajstić information content (AvgIpc) is 3.29. The molecule has 2 atom stereocenters. The molecule has 6 nitrogen and oxygen atoms in total. The summed E-state index contributed by atoms with van der Waals surface area (Å²) >= 11 is 0. The lowest BCUT2D eigenvalue weighted by atomic mass is 10.0. The van der Waals surface area contributed by atoms with Crippen molar-refractivity contribution < 1.29 is 24.5 Å². The van der Waals surface area contributed by atoms with Crippen LogP contribution >= 0.6 is 0 Å². The standard InChI is InChI=1S/C58H107NO5/c1-3-5-7-9-11-13-15-26-30-34-38-42-46-50-56(61)55(54-60)59-57(62)51-47-43-39-35-31-28-24-22-20-18-17-19-21-23-25-29-33-37-41-45-49-53-64-58(63)52-48-44-40-36-32-27-16-14-12-10-8-6-4-2/h8,10,14,16,18,20,46,50,55-56,60-61H,3-7,9,11-13,15,17,19,21-45,47-49,51-54H2,1-2H3,(H,59,62)/b10-8-,16-14-,20-18-,50-46+. The molecule has 0 saturated heterocycles. The van der Waals surface area contributed by atoms with Gasteiger partial charge < -0.3 is 20.3 Å². The molecule has 0 aliphatic heterocycles. The van der Waals surface area contributed by atoms with E-state index >= 15 is 0 Å². The van der Waals surface area contributed by atoms with E-state index in [1.807, 2.05) is 6.08 Å². The van der Waals surface area contributed by atoms with E-state index in [9.17, 15) is 19.8 Å². The summed E-state index contributed by atoms with van der Waals surface area (Å²) in [6.07, 6.45) is 67.0. The minimum absolute atomic E-state index is 0.00855. The molecule has 0 heterocycles. The Bertz CT molecular complexity index is 1080. The largest absolute Gasteiger partial charge is 0.466 e. The number of rotatable bonds is 51. The van der Waals surface area contributed by atoms with Gasteiger partial charge in [0.15, 0.2) is 0 Å². The molecule has 64 heavy (non-hydrogen) atoms. The SMILES string of the molecule is CCC/C=C\C/C=C\CCCCCCCC(=O)OCCCCCCCCCCCC/C=C\CCCCCCCCCC(=O)NC(CO)C(O)/C=C/CCCCCCCCCCCCC. The van der Waals surface area contributed by atoms with Crippen molar-refractivity contribution in [3.8, 4) is 0 Å². The van der Waals surface area contributed by atoms with Crippen molar-refractivity contribution in [1.82, 2.24) is 5.32 Å². The first-order valence-electron chi connectivity index (χ1n) is 27.9. The molecule has 0 bridgehead atoms. The summed E-state index contributed by atoms with van der Waals surface area (Å²) in [5.41, 5.74) is 0. The van der Waals surface area contributed by atoms with Crippen molar-refractivity contribution in [2.45, 2.75) is 296 Å². The van der Waals surface area contributed by atoms with Crippen molar-refractivity contribution in [3.05, 3.63) is 48.6 Å². The van der Waals surface area contributed by atoms with E-state index in [-0.39, 0.29) is 18.5 Å². The number of esters is 1. The fourth-order valence-corrected chi connectivity index (χ4v) is 8.25. The van der Waals surface area contributed by atoms with Crippen molar-refractivity contribution in [2.24, 2.45) is 0 Å². The van der Waals surface area contributed by atoms with Gasteiger partial charge in [-0.3, -0.25) is 9.59 Å². The molecule has 374 valence electrons. The second-order valence-corrected chi connectivity index (χ2v) is 18.9. The Labute approximate surface area is 397 Å². The number of hydrogen-bond donors (Lipinski definition) is 3. The number of amides is 1. The number of hydrogen-bond acceptors (Lipinski definition) is 5. The molecule has 0 aromatic rings. The zero-order valence-electron chi connectivity index (χ0n) is 42.5. The molecule has 0 aromatic carbocycles. The Morgan fingerprint density at radius 2 is 0.812 bits per heavy atom. The van der Waals surface area contributed by atoms with Gasteiger partial charge in [-0.05, 0) is 83.5 Å². The molecule has 1 amide bonds. The van der Waals surface area contributed by atoms with Crippen molar-refractivity contribution >= 4 is 11.9 Å². The van der Waals surface area contributed by atoms with Crippen LogP contribution in [0, 0.1) is 0 Å². The zero-order chi connectivity index (χ0) is 46.5. The van der Waals surface area contributed by atoms with Gasteiger partial charge in [-0.25, -0.2) is 0 Å². The van der Waals surface area contributed by atoms with Crippen LogP contribution in [-0.4, -0.2) is 47.4 Å². The molecular formula is C58H107NO5. The first-order chi connectivity index (χ1) is 31.5. The Hall–Kier alpha value is -2.18. The number of ether oxygens (including phenoxy) is 1. The highest BCUT2D eigenvalue weighted by molar-refractivity contribution is 5.76.